The monoisotopic (exact) mass is 213 g/mol. The Morgan fingerprint density at radius 3 is 3.12 bits per heavy atom. The summed E-state index contributed by atoms with van der Waals surface area (Å²) in [6, 6.07) is 9.50. The topological polar surface area (TPSA) is 12.0 Å². The van der Waals surface area contributed by atoms with E-state index in [1.54, 1.807) is 0 Å². The highest BCUT2D eigenvalue weighted by Gasteiger charge is 2.40. The summed E-state index contributed by atoms with van der Waals surface area (Å²) in [5.41, 5.74) is 2.71. The molecular weight excluding hydrogens is 194 g/mol. The maximum atomic E-state index is 3.67. The zero-order valence-corrected chi connectivity index (χ0v) is 9.82. The number of hydrogen-bond donors (Lipinski definition) is 1. The van der Waals surface area contributed by atoms with E-state index < -0.39 is 0 Å². The number of rotatable bonds is 3. The van der Waals surface area contributed by atoms with Crippen LogP contribution in [0.15, 0.2) is 36.4 Å². The molecule has 3 rings (SSSR count). The number of benzene rings is 1. The van der Waals surface area contributed by atoms with Crippen molar-refractivity contribution >= 4 is 5.69 Å². The number of aryl methyl sites for hydroxylation is 1. The van der Waals surface area contributed by atoms with Gasteiger partial charge in [0.25, 0.3) is 0 Å². The molecule has 0 amide bonds. The van der Waals surface area contributed by atoms with Gasteiger partial charge in [-0.1, -0.05) is 31.2 Å². The Morgan fingerprint density at radius 1 is 1.38 bits per heavy atom. The molecule has 3 atom stereocenters. The van der Waals surface area contributed by atoms with Crippen LogP contribution in [0.5, 0.6) is 0 Å². The zero-order chi connectivity index (χ0) is 11.0. The lowest BCUT2D eigenvalue weighted by Crippen LogP contribution is -2.43. The fourth-order valence-electron chi connectivity index (χ4n) is 2.98. The molecule has 1 nitrogen and oxygen atoms in total. The summed E-state index contributed by atoms with van der Waals surface area (Å²) >= 11 is 0. The second kappa shape index (κ2) is 3.97. The quantitative estimate of drug-likeness (QED) is 0.756. The second-order valence-electron chi connectivity index (χ2n) is 5.04. The van der Waals surface area contributed by atoms with Gasteiger partial charge < -0.3 is 5.32 Å². The van der Waals surface area contributed by atoms with Crippen LogP contribution in [0.1, 0.15) is 25.3 Å². The van der Waals surface area contributed by atoms with Crippen LogP contribution in [0.2, 0.25) is 0 Å². The molecule has 1 aromatic carbocycles. The molecule has 2 aliphatic carbocycles. The average Bonchev–Trinajstić information content (AvgIpc) is 2.68. The molecule has 1 aromatic rings. The zero-order valence-electron chi connectivity index (χ0n) is 9.82. The van der Waals surface area contributed by atoms with Gasteiger partial charge in [-0.2, -0.15) is 0 Å². The Labute approximate surface area is 97.6 Å². The van der Waals surface area contributed by atoms with Gasteiger partial charge in [0.1, 0.15) is 0 Å². The third-order valence-corrected chi connectivity index (χ3v) is 4.05. The van der Waals surface area contributed by atoms with Crippen LogP contribution in [0.3, 0.4) is 0 Å². The molecule has 1 heteroatoms. The van der Waals surface area contributed by atoms with Gasteiger partial charge >= 0.3 is 0 Å². The molecular formula is C15H19N. The van der Waals surface area contributed by atoms with Crippen LogP contribution in [0.4, 0.5) is 5.69 Å². The van der Waals surface area contributed by atoms with Gasteiger partial charge in [-0.25, -0.2) is 0 Å². The van der Waals surface area contributed by atoms with Gasteiger partial charge in [0, 0.05) is 17.6 Å². The molecule has 3 unspecified atom stereocenters. The molecule has 16 heavy (non-hydrogen) atoms. The van der Waals surface area contributed by atoms with Crippen LogP contribution in [0.25, 0.3) is 0 Å². The SMILES string of the molecule is CCc1cccc(NC2CC3CC=CC32)c1. The molecule has 0 bridgehead atoms. The van der Waals surface area contributed by atoms with Crippen LogP contribution in [0, 0.1) is 11.8 Å². The highest BCUT2D eigenvalue weighted by Crippen LogP contribution is 2.44. The van der Waals surface area contributed by atoms with E-state index in [1.807, 2.05) is 0 Å². The molecule has 1 saturated carbocycles. The Bertz CT molecular complexity index is 408. The Balaban J connectivity index is 1.68. The fourth-order valence-corrected chi connectivity index (χ4v) is 2.98. The van der Waals surface area contributed by atoms with E-state index in [4.69, 9.17) is 0 Å². The van der Waals surface area contributed by atoms with Gasteiger partial charge in [0.2, 0.25) is 0 Å². The van der Waals surface area contributed by atoms with Crippen molar-refractivity contribution in [2.24, 2.45) is 11.8 Å². The van der Waals surface area contributed by atoms with E-state index in [2.05, 4.69) is 48.7 Å². The normalized spacial score (nSPS) is 30.9. The fraction of sp³-hybridized carbons (Fsp3) is 0.467. The summed E-state index contributed by atoms with van der Waals surface area (Å²) in [4.78, 5) is 0. The molecule has 84 valence electrons. The first-order valence-electron chi connectivity index (χ1n) is 6.39. The van der Waals surface area contributed by atoms with E-state index in [1.165, 1.54) is 24.1 Å². The lowest BCUT2D eigenvalue weighted by molar-refractivity contribution is 0.218. The second-order valence-corrected chi connectivity index (χ2v) is 5.04. The number of fused-ring (bicyclic) bond motifs is 1. The smallest absolute Gasteiger partial charge is 0.0345 e. The van der Waals surface area contributed by atoms with Crippen molar-refractivity contribution in [3.63, 3.8) is 0 Å². The minimum Gasteiger partial charge on any atom is -0.382 e. The summed E-state index contributed by atoms with van der Waals surface area (Å²) < 4.78 is 0. The van der Waals surface area contributed by atoms with Crippen LogP contribution >= 0.6 is 0 Å². The first-order valence-corrected chi connectivity index (χ1v) is 6.39. The summed E-state index contributed by atoms with van der Waals surface area (Å²) in [6.07, 6.45) is 8.51. The molecule has 0 aliphatic heterocycles. The van der Waals surface area contributed by atoms with E-state index in [0.29, 0.717) is 6.04 Å². The largest absolute Gasteiger partial charge is 0.382 e. The van der Waals surface area contributed by atoms with Crippen molar-refractivity contribution in [3.8, 4) is 0 Å². The third kappa shape index (κ3) is 1.64. The van der Waals surface area contributed by atoms with Gasteiger partial charge in [0.15, 0.2) is 0 Å². The van der Waals surface area contributed by atoms with Crippen molar-refractivity contribution < 1.29 is 0 Å². The lowest BCUT2D eigenvalue weighted by Gasteiger charge is -2.41. The first-order chi connectivity index (χ1) is 7.86. The Hall–Kier alpha value is -1.24. The molecule has 1 fully saturated rings. The molecule has 2 aliphatic rings. The number of anilines is 1. The van der Waals surface area contributed by atoms with Crippen molar-refractivity contribution in [1.82, 2.24) is 0 Å². The van der Waals surface area contributed by atoms with Crippen molar-refractivity contribution in [1.29, 1.82) is 0 Å². The Kier molecular flexibility index (Phi) is 2.47. The number of nitrogens with one attached hydrogen (secondary N) is 1. The van der Waals surface area contributed by atoms with Crippen LogP contribution in [-0.2, 0) is 6.42 Å². The molecule has 0 radical (unpaired) electrons. The lowest BCUT2D eigenvalue weighted by atomic mass is 9.71. The van der Waals surface area contributed by atoms with Crippen molar-refractivity contribution in [2.45, 2.75) is 32.2 Å². The molecule has 0 aromatic heterocycles. The first kappa shape index (κ1) is 9.95. The van der Waals surface area contributed by atoms with Crippen LogP contribution < -0.4 is 5.32 Å². The summed E-state index contributed by atoms with van der Waals surface area (Å²) in [5, 5.41) is 3.67. The van der Waals surface area contributed by atoms with Gasteiger partial charge in [0.05, 0.1) is 0 Å². The van der Waals surface area contributed by atoms with E-state index in [-0.39, 0.29) is 0 Å². The highest BCUT2D eigenvalue weighted by atomic mass is 14.9. The van der Waals surface area contributed by atoms with Crippen molar-refractivity contribution in [3.05, 3.63) is 42.0 Å². The molecule has 0 saturated heterocycles. The van der Waals surface area contributed by atoms with Gasteiger partial charge in [-0.05, 0) is 42.9 Å². The molecule has 1 N–H and O–H groups in total. The van der Waals surface area contributed by atoms with Gasteiger partial charge in [-0.3, -0.25) is 0 Å². The summed E-state index contributed by atoms with van der Waals surface area (Å²) in [6.45, 7) is 2.21. The Morgan fingerprint density at radius 2 is 2.31 bits per heavy atom. The minimum absolute atomic E-state index is 0.677. The predicted octanol–water partition coefficient (Wildman–Crippen LogP) is 3.63. The van der Waals surface area contributed by atoms with Crippen molar-refractivity contribution in [2.75, 3.05) is 5.32 Å². The minimum atomic E-state index is 0.677. The third-order valence-electron chi connectivity index (χ3n) is 4.05. The van der Waals surface area contributed by atoms with Gasteiger partial charge in [-0.15, -0.1) is 0 Å². The highest BCUT2D eigenvalue weighted by molar-refractivity contribution is 5.47. The summed E-state index contributed by atoms with van der Waals surface area (Å²) in [5.74, 6) is 1.73. The van der Waals surface area contributed by atoms with E-state index in [0.717, 1.165) is 18.3 Å². The summed E-state index contributed by atoms with van der Waals surface area (Å²) in [7, 11) is 0. The molecule has 0 heterocycles. The maximum Gasteiger partial charge on any atom is 0.0345 e. The average molecular weight is 213 g/mol. The predicted molar refractivity (Wildman–Crippen MR) is 68.6 cm³/mol. The number of allylic oxidation sites excluding steroid dienone is 1. The standard InChI is InChI=1S/C15H19N/c1-2-11-5-3-7-13(9-11)16-15-10-12-6-4-8-14(12)15/h3-5,7-9,12,14-16H,2,6,10H2,1H3. The maximum absolute atomic E-state index is 3.67. The van der Waals surface area contributed by atoms with E-state index in [9.17, 15) is 0 Å². The number of hydrogen-bond acceptors (Lipinski definition) is 1. The van der Waals surface area contributed by atoms with Crippen LogP contribution in [-0.4, -0.2) is 6.04 Å². The van der Waals surface area contributed by atoms with E-state index >= 15 is 0 Å². The molecule has 0 spiro atoms.